The van der Waals surface area contributed by atoms with E-state index in [0.717, 1.165) is 43.2 Å². The zero-order valence-corrected chi connectivity index (χ0v) is 16.0. The predicted molar refractivity (Wildman–Crippen MR) is 101 cm³/mol. The van der Waals surface area contributed by atoms with Crippen LogP contribution in [0.3, 0.4) is 0 Å². The molecule has 1 amide bonds. The van der Waals surface area contributed by atoms with Crippen LogP contribution in [0.15, 0.2) is 24.3 Å². The number of H-pyrrole nitrogens is 1. The van der Waals surface area contributed by atoms with Crippen LogP contribution in [0.1, 0.15) is 48.2 Å². The molecule has 1 aliphatic rings. The molecule has 30 heavy (non-hydrogen) atoms. The molecular formula is C19H21F3N4O4. The average molecular weight is 426 g/mol. The minimum Gasteiger partial charge on any atom is -0.484 e. The summed E-state index contributed by atoms with van der Waals surface area (Å²) in [6, 6.07) is 4.51. The molecule has 0 atom stereocenters. The fourth-order valence-electron chi connectivity index (χ4n) is 3.53. The molecule has 2 aromatic rings. The first kappa shape index (κ1) is 21.6. The highest BCUT2D eigenvalue weighted by Gasteiger charge is 2.29. The SMILES string of the molecule is O=C(Nc1cc(CC2CCCCC2)[nH]n1)c1cc(OCC(F)(F)F)ccc1[N+](=O)[O-]. The summed E-state index contributed by atoms with van der Waals surface area (Å²) in [7, 11) is 0. The van der Waals surface area contributed by atoms with Gasteiger partial charge in [-0.05, 0) is 24.5 Å². The smallest absolute Gasteiger partial charge is 0.422 e. The molecule has 2 N–H and O–H groups in total. The van der Waals surface area contributed by atoms with Crippen LogP contribution in [0.25, 0.3) is 0 Å². The van der Waals surface area contributed by atoms with Gasteiger partial charge in [-0.15, -0.1) is 0 Å². The van der Waals surface area contributed by atoms with E-state index < -0.39 is 34.9 Å². The van der Waals surface area contributed by atoms with Crippen LogP contribution >= 0.6 is 0 Å². The molecule has 0 radical (unpaired) electrons. The molecule has 0 bridgehead atoms. The highest BCUT2D eigenvalue weighted by Crippen LogP contribution is 2.28. The number of rotatable bonds is 7. The predicted octanol–water partition coefficient (Wildman–Crippen LogP) is 4.63. The van der Waals surface area contributed by atoms with E-state index in [2.05, 4.69) is 20.3 Å². The Morgan fingerprint density at radius 3 is 2.67 bits per heavy atom. The van der Waals surface area contributed by atoms with Gasteiger partial charge in [-0.2, -0.15) is 18.3 Å². The highest BCUT2D eigenvalue weighted by molar-refractivity contribution is 6.06. The van der Waals surface area contributed by atoms with Crippen molar-refractivity contribution in [1.82, 2.24) is 10.2 Å². The number of nitro groups is 1. The van der Waals surface area contributed by atoms with Crippen molar-refractivity contribution >= 4 is 17.4 Å². The number of carbonyl (C=O) groups is 1. The largest absolute Gasteiger partial charge is 0.484 e. The second-order valence-corrected chi connectivity index (χ2v) is 7.28. The van der Waals surface area contributed by atoms with Gasteiger partial charge in [0, 0.05) is 17.8 Å². The van der Waals surface area contributed by atoms with Crippen molar-refractivity contribution in [3.63, 3.8) is 0 Å². The molecule has 162 valence electrons. The summed E-state index contributed by atoms with van der Waals surface area (Å²) in [5.74, 6) is -0.439. The van der Waals surface area contributed by atoms with E-state index in [0.29, 0.717) is 5.92 Å². The van der Waals surface area contributed by atoms with E-state index in [1.807, 2.05) is 0 Å². The molecule has 3 rings (SSSR count). The molecule has 1 saturated carbocycles. The molecular weight excluding hydrogens is 405 g/mol. The fourth-order valence-corrected chi connectivity index (χ4v) is 3.53. The van der Waals surface area contributed by atoms with E-state index in [1.165, 1.54) is 19.3 Å². The number of benzene rings is 1. The monoisotopic (exact) mass is 426 g/mol. The van der Waals surface area contributed by atoms with Gasteiger partial charge in [0.05, 0.1) is 4.92 Å². The molecule has 8 nitrogen and oxygen atoms in total. The Bertz CT molecular complexity index is 907. The number of hydrogen-bond acceptors (Lipinski definition) is 5. The molecule has 1 fully saturated rings. The minimum absolute atomic E-state index is 0.182. The first-order valence-electron chi connectivity index (χ1n) is 9.55. The molecule has 0 unspecified atom stereocenters. The summed E-state index contributed by atoms with van der Waals surface area (Å²) in [6.07, 6.45) is 2.12. The number of hydrogen-bond donors (Lipinski definition) is 2. The van der Waals surface area contributed by atoms with Crippen LogP contribution in [0.4, 0.5) is 24.7 Å². The molecule has 1 aromatic carbocycles. The molecule has 0 aliphatic heterocycles. The standard InChI is InChI=1S/C19H21F3N4O4/c20-19(21,22)11-30-14-6-7-16(26(28)29)15(10-14)18(27)23-17-9-13(24-25-17)8-12-4-2-1-3-5-12/h6-7,9-10,12H,1-5,8,11H2,(H2,23,24,25,27). The van der Waals surface area contributed by atoms with E-state index in [9.17, 15) is 28.1 Å². The summed E-state index contributed by atoms with van der Waals surface area (Å²) in [4.78, 5) is 23.0. The fraction of sp³-hybridized carbons (Fsp3) is 0.474. The van der Waals surface area contributed by atoms with E-state index in [-0.39, 0.29) is 11.6 Å². The lowest BCUT2D eigenvalue weighted by molar-refractivity contribution is -0.385. The van der Waals surface area contributed by atoms with Gasteiger partial charge in [0.2, 0.25) is 0 Å². The molecule has 0 spiro atoms. The van der Waals surface area contributed by atoms with Gasteiger partial charge in [-0.1, -0.05) is 32.1 Å². The Hall–Kier alpha value is -3.11. The Labute approximate surface area is 170 Å². The molecule has 1 heterocycles. The third-order valence-corrected chi connectivity index (χ3v) is 4.92. The maximum Gasteiger partial charge on any atom is 0.422 e. The zero-order chi connectivity index (χ0) is 21.7. The number of nitrogens with zero attached hydrogens (tertiary/aromatic N) is 2. The molecule has 1 aliphatic carbocycles. The van der Waals surface area contributed by atoms with Crippen molar-refractivity contribution in [3.05, 3.63) is 45.6 Å². The van der Waals surface area contributed by atoms with Crippen LogP contribution in [-0.2, 0) is 6.42 Å². The summed E-state index contributed by atoms with van der Waals surface area (Å²) < 4.78 is 41.6. The number of nitrogens with one attached hydrogen (secondary N) is 2. The van der Waals surface area contributed by atoms with Gasteiger partial charge in [0.1, 0.15) is 11.3 Å². The lowest BCUT2D eigenvalue weighted by Gasteiger charge is -2.20. The van der Waals surface area contributed by atoms with Crippen molar-refractivity contribution in [2.45, 2.75) is 44.7 Å². The minimum atomic E-state index is -4.58. The van der Waals surface area contributed by atoms with Crippen LogP contribution in [-0.4, -0.2) is 33.8 Å². The maximum atomic E-state index is 12.5. The summed E-state index contributed by atoms with van der Waals surface area (Å²) in [5.41, 5.74) is -0.129. The van der Waals surface area contributed by atoms with Crippen molar-refractivity contribution in [2.24, 2.45) is 5.92 Å². The molecule has 11 heteroatoms. The van der Waals surface area contributed by atoms with Gasteiger partial charge in [-0.25, -0.2) is 0 Å². The molecule has 0 saturated heterocycles. The number of ether oxygens (including phenoxy) is 1. The maximum absolute atomic E-state index is 12.5. The number of alkyl halides is 3. The van der Waals surface area contributed by atoms with Crippen molar-refractivity contribution < 1.29 is 27.6 Å². The quantitative estimate of drug-likeness (QED) is 0.495. The first-order valence-corrected chi connectivity index (χ1v) is 9.55. The Balaban J connectivity index is 1.71. The Morgan fingerprint density at radius 2 is 2.00 bits per heavy atom. The number of nitro benzene ring substituents is 1. The Kier molecular flexibility index (Phi) is 6.58. The summed E-state index contributed by atoms with van der Waals surface area (Å²) in [5, 5.41) is 20.5. The zero-order valence-electron chi connectivity index (χ0n) is 16.0. The van der Waals surface area contributed by atoms with Crippen LogP contribution < -0.4 is 10.1 Å². The van der Waals surface area contributed by atoms with Gasteiger partial charge in [-0.3, -0.25) is 20.0 Å². The third kappa shape index (κ3) is 5.94. The van der Waals surface area contributed by atoms with E-state index >= 15 is 0 Å². The number of anilines is 1. The number of amides is 1. The van der Waals surface area contributed by atoms with Gasteiger partial charge < -0.3 is 10.1 Å². The highest BCUT2D eigenvalue weighted by atomic mass is 19.4. The van der Waals surface area contributed by atoms with E-state index in [4.69, 9.17) is 0 Å². The lowest BCUT2D eigenvalue weighted by atomic mass is 9.86. The number of carbonyl (C=O) groups excluding carboxylic acids is 1. The van der Waals surface area contributed by atoms with E-state index in [1.54, 1.807) is 6.07 Å². The van der Waals surface area contributed by atoms with Crippen molar-refractivity contribution in [2.75, 3.05) is 11.9 Å². The Morgan fingerprint density at radius 1 is 1.27 bits per heavy atom. The number of aromatic nitrogens is 2. The van der Waals surface area contributed by atoms with Crippen LogP contribution in [0.5, 0.6) is 5.75 Å². The van der Waals surface area contributed by atoms with Gasteiger partial charge in [0.25, 0.3) is 11.6 Å². The average Bonchev–Trinajstić information content (AvgIpc) is 3.13. The van der Waals surface area contributed by atoms with Crippen molar-refractivity contribution in [3.8, 4) is 5.75 Å². The second kappa shape index (κ2) is 9.14. The van der Waals surface area contributed by atoms with Crippen LogP contribution in [0, 0.1) is 16.0 Å². The van der Waals surface area contributed by atoms with Gasteiger partial charge in [0.15, 0.2) is 12.4 Å². The summed E-state index contributed by atoms with van der Waals surface area (Å²) >= 11 is 0. The summed E-state index contributed by atoms with van der Waals surface area (Å²) in [6.45, 7) is -1.57. The lowest BCUT2D eigenvalue weighted by Crippen LogP contribution is -2.20. The molecule has 1 aromatic heterocycles. The first-order chi connectivity index (χ1) is 14.2. The normalized spacial score (nSPS) is 15.0. The second-order valence-electron chi connectivity index (χ2n) is 7.28. The van der Waals surface area contributed by atoms with Crippen molar-refractivity contribution in [1.29, 1.82) is 0 Å². The topological polar surface area (TPSA) is 110 Å². The number of aromatic amines is 1. The van der Waals surface area contributed by atoms with Crippen LogP contribution in [0.2, 0.25) is 0 Å². The van der Waals surface area contributed by atoms with Gasteiger partial charge >= 0.3 is 6.18 Å². The number of halogens is 3. The third-order valence-electron chi connectivity index (χ3n) is 4.92.